The molecule has 1 aliphatic carbocycles. The molecule has 0 heterocycles. The van der Waals surface area contributed by atoms with Crippen molar-refractivity contribution in [1.82, 2.24) is 0 Å². The van der Waals surface area contributed by atoms with E-state index >= 15 is 0 Å². The summed E-state index contributed by atoms with van der Waals surface area (Å²) in [7, 11) is 0. The van der Waals surface area contributed by atoms with Crippen molar-refractivity contribution < 1.29 is 4.79 Å². The van der Waals surface area contributed by atoms with Gasteiger partial charge in [0.2, 0.25) is 5.91 Å². The highest BCUT2D eigenvalue weighted by molar-refractivity contribution is 6.39. The Hall–Kier alpha value is -1.03. The lowest BCUT2D eigenvalue weighted by molar-refractivity contribution is -0.121. The van der Waals surface area contributed by atoms with Gasteiger partial charge in [0.25, 0.3) is 0 Å². The highest BCUT2D eigenvalue weighted by atomic mass is 35.5. The molecule has 5 N–H and O–H groups in total. The quantitative estimate of drug-likeness (QED) is 0.555. The predicted octanol–water partition coefficient (Wildman–Crippen LogP) is 0.311. The van der Waals surface area contributed by atoms with Gasteiger partial charge < -0.3 is 16.9 Å². The SMILES string of the molecule is N=C/C(Cl)=C(\N)C1(C(N)=O)CC1. The highest BCUT2D eigenvalue weighted by Gasteiger charge is 2.51. The van der Waals surface area contributed by atoms with E-state index < -0.39 is 11.3 Å². The third-order valence-electron chi connectivity index (χ3n) is 2.12. The summed E-state index contributed by atoms with van der Waals surface area (Å²) in [6.07, 6.45) is 2.19. The Balaban J connectivity index is 2.97. The molecule has 0 spiro atoms. The topological polar surface area (TPSA) is 93.0 Å². The third kappa shape index (κ3) is 1.18. The largest absolute Gasteiger partial charge is 0.400 e. The van der Waals surface area contributed by atoms with Crippen LogP contribution in [0.1, 0.15) is 12.8 Å². The van der Waals surface area contributed by atoms with E-state index in [-0.39, 0.29) is 10.7 Å². The third-order valence-corrected chi connectivity index (χ3v) is 2.43. The molecule has 0 radical (unpaired) electrons. The Kier molecular flexibility index (Phi) is 2.10. The number of amides is 1. The van der Waals surface area contributed by atoms with Crippen LogP contribution in [-0.2, 0) is 4.79 Å². The van der Waals surface area contributed by atoms with Gasteiger partial charge in [-0.1, -0.05) is 11.6 Å². The average Bonchev–Trinajstić information content (AvgIpc) is 2.81. The van der Waals surface area contributed by atoms with Crippen molar-refractivity contribution in [2.45, 2.75) is 12.8 Å². The number of carbonyl (C=O) groups is 1. The zero-order valence-corrected chi connectivity index (χ0v) is 7.19. The summed E-state index contributed by atoms with van der Waals surface area (Å²) in [6, 6.07) is 0. The molecule has 0 aromatic carbocycles. The smallest absolute Gasteiger partial charge is 0.229 e. The number of allylic oxidation sites excluding steroid dienone is 1. The van der Waals surface area contributed by atoms with E-state index in [1.807, 2.05) is 0 Å². The average molecular weight is 188 g/mol. The second-order valence-electron chi connectivity index (χ2n) is 2.85. The predicted molar refractivity (Wildman–Crippen MR) is 46.7 cm³/mol. The van der Waals surface area contributed by atoms with Crippen molar-refractivity contribution in [3.05, 3.63) is 10.7 Å². The molecular formula is C7H10ClN3O. The maximum Gasteiger partial charge on any atom is 0.229 e. The minimum Gasteiger partial charge on any atom is -0.400 e. The van der Waals surface area contributed by atoms with Crippen LogP contribution in [-0.4, -0.2) is 12.1 Å². The molecule has 1 aliphatic rings. The van der Waals surface area contributed by atoms with Crippen LogP contribution in [0.4, 0.5) is 0 Å². The molecular weight excluding hydrogens is 178 g/mol. The van der Waals surface area contributed by atoms with E-state index in [1.54, 1.807) is 0 Å². The first kappa shape index (κ1) is 9.06. The van der Waals surface area contributed by atoms with Crippen LogP contribution in [0.3, 0.4) is 0 Å². The number of rotatable bonds is 3. The Morgan fingerprint density at radius 3 is 2.25 bits per heavy atom. The molecule has 1 amide bonds. The maximum atomic E-state index is 10.9. The second kappa shape index (κ2) is 2.79. The summed E-state index contributed by atoms with van der Waals surface area (Å²) < 4.78 is 0. The van der Waals surface area contributed by atoms with Crippen LogP contribution in [0.2, 0.25) is 0 Å². The summed E-state index contributed by atoms with van der Waals surface area (Å²) >= 11 is 5.59. The zero-order chi connectivity index (χ0) is 9.35. The van der Waals surface area contributed by atoms with Crippen LogP contribution in [0.5, 0.6) is 0 Å². The number of nitrogens with two attached hydrogens (primary N) is 2. The standard InChI is InChI=1S/C7H10ClN3O/c8-4(3-9)5(10)7(1-2-7)6(11)12/h3,9H,1-2,10H2,(H2,11,12)/b5-4+,9-3?. The highest BCUT2D eigenvalue weighted by Crippen LogP contribution is 2.50. The maximum absolute atomic E-state index is 10.9. The van der Waals surface area contributed by atoms with Gasteiger partial charge in [0, 0.05) is 11.9 Å². The fourth-order valence-corrected chi connectivity index (χ4v) is 1.26. The molecule has 0 bridgehead atoms. The van der Waals surface area contributed by atoms with E-state index in [9.17, 15) is 4.79 Å². The number of carbonyl (C=O) groups excluding carboxylic acids is 1. The number of hydrogen-bond acceptors (Lipinski definition) is 3. The second-order valence-corrected chi connectivity index (χ2v) is 3.26. The Morgan fingerprint density at radius 2 is 2.00 bits per heavy atom. The first-order chi connectivity index (χ1) is 5.54. The van der Waals surface area contributed by atoms with Gasteiger partial charge in [-0.15, -0.1) is 0 Å². The van der Waals surface area contributed by atoms with Gasteiger partial charge in [-0.3, -0.25) is 4.79 Å². The summed E-state index contributed by atoms with van der Waals surface area (Å²) in [6.45, 7) is 0. The van der Waals surface area contributed by atoms with Crippen molar-refractivity contribution in [3.63, 3.8) is 0 Å². The van der Waals surface area contributed by atoms with Gasteiger partial charge in [-0.05, 0) is 12.8 Å². The number of hydrogen-bond donors (Lipinski definition) is 3. The molecule has 4 nitrogen and oxygen atoms in total. The molecule has 0 aliphatic heterocycles. The molecule has 0 aromatic rings. The minimum atomic E-state index is -0.755. The molecule has 1 fully saturated rings. The van der Waals surface area contributed by atoms with E-state index in [0.717, 1.165) is 6.21 Å². The molecule has 1 saturated carbocycles. The van der Waals surface area contributed by atoms with Gasteiger partial charge in [-0.2, -0.15) is 0 Å². The Bertz CT molecular complexity index is 268. The van der Waals surface area contributed by atoms with Gasteiger partial charge in [0.15, 0.2) is 0 Å². The first-order valence-electron chi connectivity index (χ1n) is 3.50. The minimum absolute atomic E-state index is 0.103. The van der Waals surface area contributed by atoms with Crippen molar-refractivity contribution in [2.24, 2.45) is 16.9 Å². The zero-order valence-electron chi connectivity index (χ0n) is 6.43. The van der Waals surface area contributed by atoms with Crippen LogP contribution in [0.15, 0.2) is 10.7 Å². The van der Waals surface area contributed by atoms with Crippen LogP contribution in [0.25, 0.3) is 0 Å². The van der Waals surface area contributed by atoms with Crippen molar-refractivity contribution in [3.8, 4) is 0 Å². The molecule has 0 unspecified atom stereocenters. The Labute approximate surface area is 75.1 Å². The molecule has 0 aromatic heterocycles. The van der Waals surface area contributed by atoms with E-state index in [4.69, 9.17) is 28.5 Å². The van der Waals surface area contributed by atoms with Crippen molar-refractivity contribution in [1.29, 1.82) is 5.41 Å². The van der Waals surface area contributed by atoms with Crippen molar-refractivity contribution >= 4 is 23.7 Å². The van der Waals surface area contributed by atoms with Crippen LogP contribution in [0, 0.1) is 10.8 Å². The van der Waals surface area contributed by atoms with Crippen molar-refractivity contribution in [2.75, 3.05) is 0 Å². The monoisotopic (exact) mass is 187 g/mol. The number of primary amides is 1. The summed E-state index contributed by atoms with van der Waals surface area (Å²) in [5.74, 6) is -0.458. The lowest BCUT2D eigenvalue weighted by Gasteiger charge is -2.11. The van der Waals surface area contributed by atoms with Gasteiger partial charge in [-0.25, -0.2) is 0 Å². The van der Waals surface area contributed by atoms with Crippen LogP contribution >= 0.6 is 11.6 Å². The fourth-order valence-electron chi connectivity index (χ4n) is 1.08. The van der Waals surface area contributed by atoms with Gasteiger partial charge in [0.1, 0.15) is 0 Å². The number of nitrogens with one attached hydrogen (secondary N) is 1. The summed E-state index contributed by atoms with van der Waals surface area (Å²) in [5, 5.41) is 6.94. The molecule has 66 valence electrons. The van der Waals surface area contributed by atoms with Gasteiger partial charge in [0.05, 0.1) is 10.4 Å². The van der Waals surface area contributed by atoms with E-state index in [2.05, 4.69) is 0 Å². The fraction of sp³-hybridized carbons (Fsp3) is 0.429. The molecule has 0 saturated heterocycles. The molecule has 12 heavy (non-hydrogen) atoms. The normalized spacial score (nSPS) is 21.1. The molecule has 0 atom stereocenters. The number of halogens is 1. The first-order valence-corrected chi connectivity index (χ1v) is 3.88. The lowest BCUT2D eigenvalue weighted by Crippen LogP contribution is -2.30. The molecule has 1 rings (SSSR count). The van der Waals surface area contributed by atoms with Crippen LogP contribution < -0.4 is 11.5 Å². The van der Waals surface area contributed by atoms with Gasteiger partial charge >= 0.3 is 0 Å². The van der Waals surface area contributed by atoms with E-state index in [1.165, 1.54) is 0 Å². The van der Waals surface area contributed by atoms with E-state index in [0.29, 0.717) is 12.8 Å². The summed E-state index contributed by atoms with van der Waals surface area (Å²) in [5.41, 5.74) is 10.2. The Morgan fingerprint density at radius 1 is 1.50 bits per heavy atom. The molecule has 5 heteroatoms. The summed E-state index contributed by atoms with van der Waals surface area (Å²) in [4.78, 5) is 10.9. The lowest BCUT2D eigenvalue weighted by atomic mass is 10.0.